The second kappa shape index (κ2) is 5.44. The lowest BCUT2D eigenvalue weighted by molar-refractivity contribution is 0.0467. The van der Waals surface area contributed by atoms with E-state index < -0.39 is 5.97 Å². The van der Waals surface area contributed by atoms with Crippen LogP contribution < -0.4 is 0 Å². The summed E-state index contributed by atoms with van der Waals surface area (Å²) in [5.74, 6) is 0.0444. The van der Waals surface area contributed by atoms with E-state index in [4.69, 9.17) is 13.6 Å². The maximum atomic E-state index is 11.6. The van der Waals surface area contributed by atoms with Crippen molar-refractivity contribution >= 4 is 5.97 Å². The fraction of sp³-hybridized carbons (Fsp3) is 0.0667. The molecule has 0 spiro atoms. The maximum Gasteiger partial charge on any atom is 0.341 e. The normalized spacial score (nSPS) is 10.4. The smallest absolute Gasteiger partial charge is 0.341 e. The highest BCUT2D eigenvalue weighted by atomic mass is 16.5. The number of benzene rings is 1. The number of ether oxygens (including phenoxy) is 1. The summed E-state index contributed by atoms with van der Waals surface area (Å²) in [6.07, 6.45) is 4.23. The lowest BCUT2D eigenvalue weighted by Crippen LogP contribution is -2.04. The van der Waals surface area contributed by atoms with E-state index in [-0.39, 0.29) is 6.61 Å². The van der Waals surface area contributed by atoms with E-state index in [1.165, 1.54) is 18.8 Å². The van der Waals surface area contributed by atoms with Crippen molar-refractivity contribution in [1.29, 1.82) is 0 Å². The zero-order chi connectivity index (χ0) is 13.8. The summed E-state index contributed by atoms with van der Waals surface area (Å²) in [4.78, 5) is 15.9. The van der Waals surface area contributed by atoms with Gasteiger partial charge in [0.05, 0.1) is 11.8 Å². The van der Waals surface area contributed by atoms with Gasteiger partial charge >= 0.3 is 5.97 Å². The first kappa shape index (κ1) is 12.2. The minimum absolute atomic E-state index is 0.0559. The summed E-state index contributed by atoms with van der Waals surface area (Å²) in [5, 5.41) is 0. The summed E-state index contributed by atoms with van der Waals surface area (Å²) in [6, 6.07) is 11.1. The number of carbonyl (C=O) groups is 1. The molecule has 0 aliphatic heterocycles. The van der Waals surface area contributed by atoms with Gasteiger partial charge in [-0.05, 0) is 18.2 Å². The van der Waals surface area contributed by atoms with Crippen LogP contribution in [0.3, 0.4) is 0 Å². The topological polar surface area (TPSA) is 65.5 Å². The van der Waals surface area contributed by atoms with Crippen molar-refractivity contribution < 1.29 is 18.4 Å². The third-order valence-electron chi connectivity index (χ3n) is 2.68. The quantitative estimate of drug-likeness (QED) is 0.680. The summed E-state index contributed by atoms with van der Waals surface area (Å²) < 4.78 is 15.3. The van der Waals surface area contributed by atoms with Crippen LogP contribution >= 0.6 is 0 Å². The molecular weight excluding hydrogens is 258 g/mol. The van der Waals surface area contributed by atoms with Crippen LogP contribution in [-0.2, 0) is 11.3 Å². The number of carbonyl (C=O) groups excluding carboxylic acids is 1. The largest absolute Gasteiger partial charge is 0.472 e. The second-order valence-corrected chi connectivity index (χ2v) is 4.10. The molecule has 3 rings (SSSR count). The Morgan fingerprint density at radius 1 is 1.15 bits per heavy atom. The molecule has 0 fully saturated rings. The molecule has 5 heteroatoms. The summed E-state index contributed by atoms with van der Waals surface area (Å²) in [5.41, 5.74) is 1.80. The molecule has 20 heavy (non-hydrogen) atoms. The number of oxazole rings is 1. The van der Waals surface area contributed by atoms with Crippen molar-refractivity contribution in [3.63, 3.8) is 0 Å². The number of hydrogen-bond donors (Lipinski definition) is 0. The van der Waals surface area contributed by atoms with Crippen molar-refractivity contribution in [2.45, 2.75) is 6.61 Å². The fourth-order valence-electron chi connectivity index (χ4n) is 1.69. The molecule has 0 N–H and O–H groups in total. The van der Waals surface area contributed by atoms with E-state index in [0.29, 0.717) is 17.1 Å². The first-order valence-electron chi connectivity index (χ1n) is 6.02. The zero-order valence-corrected chi connectivity index (χ0v) is 10.5. The molecule has 2 heterocycles. The highest BCUT2D eigenvalue weighted by Gasteiger charge is 2.11. The first-order valence-corrected chi connectivity index (χ1v) is 6.02. The number of nitrogens with zero attached hydrogens (tertiary/aromatic N) is 1. The van der Waals surface area contributed by atoms with Crippen molar-refractivity contribution in [2.24, 2.45) is 0 Å². The van der Waals surface area contributed by atoms with Gasteiger partial charge in [0.1, 0.15) is 24.8 Å². The van der Waals surface area contributed by atoms with E-state index in [9.17, 15) is 4.79 Å². The first-order chi connectivity index (χ1) is 9.83. The van der Waals surface area contributed by atoms with E-state index in [1.54, 1.807) is 6.07 Å². The molecule has 1 aromatic carbocycles. The Hall–Kier alpha value is -2.82. The predicted molar refractivity (Wildman–Crippen MR) is 69.8 cm³/mol. The number of rotatable bonds is 4. The van der Waals surface area contributed by atoms with Gasteiger partial charge in [0.15, 0.2) is 0 Å². The zero-order valence-electron chi connectivity index (χ0n) is 10.5. The molecule has 0 atom stereocenters. The Morgan fingerprint density at radius 3 is 2.75 bits per heavy atom. The second-order valence-electron chi connectivity index (χ2n) is 4.10. The van der Waals surface area contributed by atoms with Crippen LogP contribution in [0.25, 0.3) is 11.5 Å². The molecule has 0 aliphatic rings. The van der Waals surface area contributed by atoms with Crippen LogP contribution in [0.5, 0.6) is 0 Å². The Kier molecular flexibility index (Phi) is 3.33. The molecule has 0 unspecified atom stereocenters. The molecule has 0 radical (unpaired) electrons. The van der Waals surface area contributed by atoms with Crippen LogP contribution in [-0.4, -0.2) is 11.0 Å². The molecule has 0 saturated heterocycles. The Morgan fingerprint density at radius 2 is 2.00 bits per heavy atom. The maximum absolute atomic E-state index is 11.6. The molecule has 5 nitrogen and oxygen atoms in total. The standard InChI is InChI=1S/C15H11NO4/c17-15(12-6-7-18-8-12)20-10-13-9-19-14(16-13)11-4-2-1-3-5-11/h1-9H,10H2. The minimum atomic E-state index is -0.456. The number of aromatic nitrogens is 1. The van der Waals surface area contributed by atoms with E-state index in [2.05, 4.69) is 4.98 Å². The van der Waals surface area contributed by atoms with Crippen LogP contribution in [0.2, 0.25) is 0 Å². The van der Waals surface area contributed by atoms with Gasteiger partial charge in [0, 0.05) is 5.56 Å². The van der Waals surface area contributed by atoms with Gasteiger partial charge < -0.3 is 13.6 Å². The summed E-state index contributed by atoms with van der Waals surface area (Å²) >= 11 is 0. The molecule has 0 aliphatic carbocycles. The Labute approximate surface area is 114 Å². The van der Waals surface area contributed by atoms with Gasteiger partial charge in [0.2, 0.25) is 5.89 Å². The average Bonchev–Trinajstić information content (AvgIpc) is 3.17. The predicted octanol–water partition coefficient (Wildman–Crippen LogP) is 3.29. The van der Waals surface area contributed by atoms with Gasteiger partial charge in [-0.2, -0.15) is 0 Å². The lowest BCUT2D eigenvalue weighted by Gasteiger charge is -1.99. The van der Waals surface area contributed by atoms with Gasteiger partial charge in [-0.25, -0.2) is 9.78 Å². The van der Waals surface area contributed by atoms with E-state index >= 15 is 0 Å². The SMILES string of the molecule is O=C(OCc1coc(-c2ccccc2)n1)c1ccoc1. The Balaban J connectivity index is 1.65. The van der Waals surface area contributed by atoms with Gasteiger partial charge in [-0.1, -0.05) is 18.2 Å². The molecule has 0 bridgehead atoms. The van der Waals surface area contributed by atoms with Crippen LogP contribution in [0, 0.1) is 0 Å². The van der Waals surface area contributed by atoms with Crippen molar-refractivity contribution in [3.8, 4) is 11.5 Å². The van der Waals surface area contributed by atoms with Crippen molar-refractivity contribution in [3.05, 3.63) is 66.4 Å². The van der Waals surface area contributed by atoms with Crippen LogP contribution in [0.4, 0.5) is 0 Å². The van der Waals surface area contributed by atoms with Crippen molar-refractivity contribution in [1.82, 2.24) is 4.98 Å². The lowest BCUT2D eigenvalue weighted by atomic mass is 10.2. The summed E-state index contributed by atoms with van der Waals surface area (Å²) in [7, 11) is 0. The summed E-state index contributed by atoms with van der Waals surface area (Å²) in [6.45, 7) is 0.0559. The Bertz CT molecular complexity index is 686. The molecule has 100 valence electrons. The minimum Gasteiger partial charge on any atom is -0.472 e. The number of furan rings is 1. The third-order valence-corrected chi connectivity index (χ3v) is 2.68. The number of hydrogen-bond acceptors (Lipinski definition) is 5. The number of esters is 1. The molecule has 2 aromatic heterocycles. The average molecular weight is 269 g/mol. The molecule has 0 amide bonds. The molecular formula is C15H11NO4. The van der Waals surface area contributed by atoms with Crippen molar-refractivity contribution in [2.75, 3.05) is 0 Å². The highest BCUT2D eigenvalue weighted by Crippen LogP contribution is 2.18. The highest BCUT2D eigenvalue weighted by molar-refractivity contribution is 5.88. The fourth-order valence-corrected chi connectivity index (χ4v) is 1.69. The van der Waals surface area contributed by atoms with Crippen LogP contribution in [0.1, 0.15) is 16.1 Å². The van der Waals surface area contributed by atoms with Gasteiger partial charge in [-0.3, -0.25) is 0 Å². The molecule has 3 aromatic rings. The van der Waals surface area contributed by atoms with Gasteiger partial charge in [-0.15, -0.1) is 0 Å². The van der Waals surface area contributed by atoms with Crippen LogP contribution in [0.15, 0.2) is 64.0 Å². The van der Waals surface area contributed by atoms with Gasteiger partial charge in [0.25, 0.3) is 0 Å². The third kappa shape index (κ3) is 2.61. The van der Waals surface area contributed by atoms with E-state index in [1.807, 2.05) is 30.3 Å². The monoisotopic (exact) mass is 269 g/mol. The van der Waals surface area contributed by atoms with E-state index in [0.717, 1.165) is 5.56 Å². The molecule has 0 saturated carbocycles.